The van der Waals surface area contributed by atoms with Gasteiger partial charge in [0.2, 0.25) is 0 Å². The highest BCUT2D eigenvalue weighted by molar-refractivity contribution is 5.04. The highest BCUT2D eigenvalue weighted by Crippen LogP contribution is 2.19. The van der Waals surface area contributed by atoms with Crippen LogP contribution in [0.15, 0.2) is 0 Å². The molecule has 0 saturated carbocycles. The molecule has 3 nitrogen and oxygen atoms in total. The summed E-state index contributed by atoms with van der Waals surface area (Å²) >= 11 is 0. The Labute approximate surface area is 128 Å². The van der Waals surface area contributed by atoms with Crippen molar-refractivity contribution in [2.45, 2.75) is 12.8 Å². The van der Waals surface area contributed by atoms with Crippen LogP contribution < -0.4 is 17.0 Å². The van der Waals surface area contributed by atoms with E-state index in [0.29, 0.717) is 5.92 Å². The van der Waals surface area contributed by atoms with E-state index in [1.54, 1.807) is 0 Å². The number of quaternary nitrogens is 2. The summed E-state index contributed by atoms with van der Waals surface area (Å²) in [5.41, 5.74) is 0. The van der Waals surface area contributed by atoms with E-state index in [9.17, 15) is 0 Å². The number of hydrogen-bond acceptors (Lipinski definition) is 1. The third-order valence-corrected chi connectivity index (χ3v) is 4.35. The van der Waals surface area contributed by atoms with Crippen molar-refractivity contribution in [3.63, 3.8) is 0 Å². The van der Waals surface area contributed by atoms with Gasteiger partial charge >= 0.3 is 0 Å². The minimum Gasteiger partial charge on any atom is -1.00 e. The van der Waals surface area contributed by atoms with Gasteiger partial charge in [0.15, 0.2) is 0 Å². The third-order valence-electron chi connectivity index (χ3n) is 4.35. The summed E-state index contributed by atoms with van der Waals surface area (Å²) in [6, 6.07) is 0. The quantitative estimate of drug-likeness (QED) is 0.397. The Morgan fingerprint density at radius 2 is 1.79 bits per heavy atom. The number of ether oxygens (including phenoxy) is 1. The van der Waals surface area contributed by atoms with Gasteiger partial charge in [-0.25, -0.2) is 0 Å². The minimum absolute atomic E-state index is 0. The molecule has 2 saturated heterocycles. The van der Waals surface area contributed by atoms with E-state index >= 15 is 0 Å². The molecule has 0 N–H and O–H groups in total. The maximum atomic E-state index is 5.42. The predicted octanol–water partition coefficient (Wildman–Crippen LogP) is -2.04. The molecule has 0 amide bonds. The van der Waals surface area contributed by atoms with Gasteiger partial charge in [0.25, 0.3) is 0 Å². The Bertz CT molecular complexity index is 340. The number of likely N-dealkylation sites (N-methyl/N-ethyl adjacent to an activating group) is 1. The highest BCUT2D eigenvalue weighted by Gasteiger charge is 2.27. The van der Waals surface area contributed by atoms with E-state index in [2.05, 4.69) is 33.0 Å². The van der Waals surface area contributed by atoms with Gasteiger partial charge in [-0.3, -0.25) is 0 Å². The lowest BCUT2D eigenvalue weighted by atomic mass is 9.97. The number of rotatable bonds is 1. The zero-order chi connectivity index (χ0) is 13.1. The molecule has 2 fully saturated rings. The number of nitrogens with zero attached hydrogens (tertiary/aromatic N) is 2. The summed E-state index contributed by atoms with van der Waals surface area (Å²) in [5, 5.41) is 0. The van der Waals surface area contributed by atoms with Gasteiger partial charge in [0.1, 0.15) is 19.6 Å². The zero-order valence-electron chi connectivity index (χ0n) is 12.6. The second-order valence-corrected chi connectivity index (χ2v) is 6.84. The molecule has 0 aromatic carbocycles. The van der Waals surface area contributed by atoms with Crippen LogP contribution in [-0.2, 0) is 4.74 Å². The first-order chi connectivity index (χ1) is 8.49. The van der Waals surface area contributed by atoms with Crippen LogP contribution in [0, 0.1) is 17.8 Å². The zero-order valence-corrected chi connectivity index (χ0v) is 14.2. The van der Waals surface area contributed by atoms with Crippen LogP contribution in [0.3, 0.4) is 0 Å². The molecule has 2 aliphatic heterocycles. The van der Waals surface area contributed by atoms with Gasteiger partial charge < -0.3 is 30.7 Å². The number of hydrogen-bond donors (Lipinski definition) is 0. The van der Waals surface area contributed by atoms with Gasteiger partial charge in [-0.1, -0.05) is 5.92 Å². The molecule has 0 aliphatic carbocycles. The van der Waals surface area contributed by atoms with E-state index < -0.39 is 0 Å². The van der Waals surface area contributed by atoms with Crippen molar-refractivity contribution in [3.8, 4) is 11.8 Å². The first-order valence-corrected chi connectivity index (χ1v) is 7.21. The molecule has 0 aromatic heterocycles. The molecule has 2 heterocycles. The minimum atomic E-state index is 0. The third kappa shape index (κ3) is 5.43. The summed E-state index contributed by atoms with van der Waals surface area (Å²) in [5.74, 6) is 7.60. The lowest BCUT2D eigenvalue weighted by molar-refractivity contribution is -0.910. The molecule has 1 unspecified atom stereocenters. The van der Waals surface area contributed by atoms with Crippen LogP contribution in [-0.4, -0.2) is 76.0 Å². The molecule has 0 aromatic rings. The average Bonchev–Trinajstić information content (AvgIpc) is 2.28. The molecule has 4 heteroatoms. The van der Waals surface area contributed by atoms with Gasteiger partial charge in [-0.05, 0) is 18.8 Å². The Hall–Kier alpha value is -0.0800. The molecule has 0 spiro atoms. The number of piperidine rings is 1. The van der Waals surface area contributed by atoms with E-state index in [1.807, 2.05) is 0 Å². The van der Waals surface area contributed by atoms with Crippen molar-refractivity contribution >= 4 is 0 Å². The van der Waals surface area contributed by atoms with Gasteiger partial charge in [-0.15, -0.1) is 0 Å². The number of likely N-dealkylation sites (tertiary alicyclic amines) is 1. The normalized spacial score (nSPS) is 28.7. The first-order valence-electron chi connectivity index (χ1n) is 7.21. The van der Waals surface area contributed by atoms with Crippen molar-refractivity contribution in [1.82, 2.24) is 0 Å². The largest absolute Gasteiger partial charge is 1.00 e. The predicted molar refractivity (Wildman–Crippen MR) is 73.9 cm³/mol. The van der Waals surface area contributed by atoms with E-state index in [-0.39, 0.29) is 17.0 Å². The van der Waals surface area contributed by atoms with Crippen LogP contribution >= 0.6 is 0 Å². The molecular weight excluding hydrogens is 304 g/mol. The van der Waals surface area contributed by atoms with Crippen LogP contribution in [0.5, 0.6) is 0 Å². The number of morpholine rings is 1. The van der Waals surface area contributed by atoms with Crippen molar-refractivity contribution in [3.05, 3.63) is 0 Å². The Morgan fingerprint density at radius 1 is 1.11 bits per heavy atom. The molecule has 110 valence electrons. The Balaban J connectivity index is 0.00000180. The van der Waals surface area contributed by atoms with Crippen LogP contribution in [0.1, 0.15) is 12.8 Å². The maximum Gasteiger partial charge on any atom is 0.140 e. The fourth-order valence-electron chi connectivity index (χ4n) is 2.99. The molecule has 0 bridgehead atoms. The second kappa shape index (κ2) is 7.08. The van der Waals surface area contributed by atoms with Crippen molar-refractivity contribution < 1.29 is 30.7 Å². The van der Waals surface area contributed by atoms with E-state index in [1.165, 1.54) is 25.9 Å². The second-order valence-electron chi connectivity index (χ2n) is 6.84. The van der Waals surface area contributed by atoms with Crippen LogP contribution in [0.25, 0.3) is 0 Å². The highest BCUT2D eigenvalue weighted by atomic mass is 79.9. The SMILES string of the molecule is C[N+]1(C)CCCC(C#CC[N+]2(C)CCOCC2)C1.[Br-]. The van der Waals surface area contributed by atoms with E-state index in [4.69, 9.17) is 4.74 Å². The molecule has 2 aliphatic rings. The summed E-state index contributed by atoms with van der Waals surface area (Å²) in [4.78, 5) is 0. The fourth-order valence-corrected chi connectivity index (χ4v) is 2.99. The fraction of sp³-hybridized carbons (Fsp3) is 0.867. The van der Waals surface area contributed by atoms with Gasteiger partial charge in [0.05, 0.1) is 53.4 Å². The van der Waals surface area contributed by atoms with Crippen LogP contribution in [0.4, 0.5) is 0 Å². The first kappa shape index (κ1) is 17.0. The summed E-state index contributed by atoms with van der Waals surface area (Å²) in [6.45, 7) is 7.54. The van der Waals surface area contributed by atoms with Gasteiger partial charge in [0, 0.05) is 0 Å². The van der Waals surface area contributed by atoms with Crippen molar-refractivity contribution in [2.75, 3.05) is 67.1 Å². The maximum absolute atomic E-state index is 5.42. The molecule has 0 radical (unpaired) electrons. The monoisotopic (exact) mass is 331 g/mol. The molecule has 1 atom stereocenters. The molecular formula is C15H28BrN2O+. The molecule has 2 rings (SSSR count). The Kier molecular flexibility index (Phi) is 6.32. The summed E-state index contributed by atoms with van der Waals surface area (Å²) < 4.78 is 7.63. The summed E-state index contributed by atoms with van der Waals surface area (Å²) in [6.07, 6.45) is 2.62. The number of halogens is 1. The molecule has 19 heavy (non-hydrogen) atoms. The van der Waals surface area contributed by atoms with E-state index in [0.717, 1.165) is 41.8 Å². The van der Waals surface area contributed by atoms with Gasteiger partial charge in [-0.2, -0.15) is 0 Å². The van der Waals surface area contributed by atoms with Crippen LogP contribution in [0.2, 0.25) is 0 Å². The summed E-state index contributed by atoms with van der Waals surface area (Å²) in [7, 11) is 6.95. The van der Waals surface area contributed by atoms with Crippen molar-refractivity contribution in [1.29, 1.82) is 0 Å². The lowest BCUT2D eigenvalue weighted by Crippen LogP contribution is -3.00. The Morgan fingerprint density at radius 3 is 2.42 bits per heavy atom. The topological polar surface area (TPSA) is 9.23 Å². The smallest absolute Gasteiger partial charge is 0.140 e. The lowest BCUT2D eigenvalue weighted by Gasteiger charge is -2.37. The van der Waals surface area contributed by atoms with Crippen molar-refractivity contribution in [2.24, 2.45) is 5.92 Å². The average molecular weight is 332 g/mol. The standard InChI is InChI=1S/C15H28N2O.BrH/c1-16(2)8-4-6-15(14-16)7-5-9-17(3)10-12-18-13-11-17;/h15H,4,6,8-14H2,1-3H3;1H/q+2;/p-1.